The van der Waals surface area contributed by atoms with Crippen LogP contribution in [0.5, 0.6) is 17.2 Å². The van der Waals surface area contributed by atoms with Crippen molar-refractivity contribution in [2.45, 2.75) is 38.7 Å². The Bertz CT molecular complexity index is 740. The van der Waals surface area contributed by atoms with Crippen molar-refractivity contribution in [3.05, 3.63) is 53.6 Å². The van der Waals surface area contributed by atoms with Crippen molar-refractivity contribution in [1.29, 1.82) is 0 Å². The van der Waals surface area contributed by atoms with Gasteiger partial charge in [-0.2, -0.15) is 0 Å². The number of hydrogen-bond acceptors (Lipinski definition) is 5. The van der Waals surface area contributed by atoms with Crippen LogP contribution >= 0.6 is 0 Å². The molecule has 0 spiro atoms. The van der Waals surface area contributed by atoms with Crippen LogP contribution in [0.1, 0.15) is 31.9 Å². The van der Waals surface area contributed by atoms with Gasteiger partial charge in [0.2, 0.25) is 0 Å². The van der Waals surface area contributed by atoms with E-state index in [-0.39, 0.29) is 12.0 Å². The fourth-order valence-electron chi connectivity index (χ4n) is 3.02. The van der Waals surface area contributed by atoms with E-state index in [9.17, 15) is 5.11 Å². The highest BCUT2D eigenvalue weighted by Gasteiger charge is 2.19. The number of aliphatic hydroxyl groups excluding tert-OH is 1. The van der Waals surface area contributed by atoms with E-state index >= 15 is 0 Å². The van der Waals surface area contributed by atoms with Gasteiger partial charge >= 0.3 is 0 Å². The van der Waals surface area contributed by atoms with Gasteiger partial charge < -0.3 is 24.6 Å². The Morgan fingerprint density at radius 2 is 1.71 bits per heavy atom. The molecule has 154 valence electrons. The van der Waals surface area contributed by atoms with Crippen LogP contribution in [0, 0.1) is 0 Å². The predicted molar refractivity (Wildman–Crippen MR) is 113 cm³/mol. The summed E-state index contributed by atoms with van der Waals surface area (Å²) in [5.41, 5.74) is 2.18. The molecule has 5 nitrogen and oxygen atoms in total. The molecule has 2 aromatic rings. The Labute approximate surface area is 168 Å². The summed E-state index contributed by atoms with van der Waals surface area (Å²) in [5.74, 6) is 2.47. The van der Waals surface area contributed by atoms with Gasteiger partial charge in [-0.15, -0.1) is 0 Å². The molecule has 2 N–H and O–H groups in total. The van der Waals surface area contributed by atoms with Crippen LogP contribution in [0.15, 0.2) is 42.5 Å². The van der Waals surface area contributed by atoms with Gasteiger partial charge in [-0.1, -0.05) is 39.0 Å². The third-order valence-electron chi connectivity index (χ3n) is 4.56. The second kappa shape index (κ2) is 10.3. The molecule has 1 unspecified atom stereocenters. The van der Waals surface area contributed by atoms with E-state index in [0.717, 1.165) is 41.3 Å². The molecule has 0 heterocycles. The number of aliphatic hydroxyl groups is 1. The molecule has 2 aromatic carbocycles. The molecular formula is C23H33NO4. The zero-order chi connectivity index (χ0) is 20.6. The summed E-state index contributed by atoms with van der Waals surface area (Å²) in [4.78, 5) is 0. The third-order valence-corrected chi connectivity index (χ3v) is 4.56. The van der Waals surface area contributed by atoms with Crippen LogP contribution in [0.2, 0.25) is 0 Å². The smallest absolute Gasteiger partial charge is 0.122 e. The zero-order valence-corrected chi connectivity index (χ0v) is 17.6. The Kier molecular flexibility index (Phi) is 8.15. The first-order valence-corrected chi connectivity index (χ1v) is 9.67. The van der Waals surface area contributed by atoms with Crippen LogP contribution in [0.4, 0.5) is 0 Å². The maximum atomic E-state index is 10.2. The summed E-state index contributed by atoms with van der Waals surface area (Å²) >= 11 is 0. The molecule has 0 fully saturated rings. The Morgan fingerprint density at radius 1 is 1.00 bits per heavy atom. The van der Waals surface area contributed by atoms with E-state index in [1.54, 1.807) is 14.2 Å². The van der Waals surface area contributed by atoms with Crippen LogP contribution in [-0.4, -0.2) is 45.1 Å². The highest BCUT2D eigenvalue weighted by molar-refractivity contribution is 5.44. The van der Waals surface area contributed by atoms with E-state index in [4.69, 9.17) is 14.2 Å². The Morgan fingerprint density at radius 3 is 2.39 bits per heavy atom. The van der Waals surface area contributed by atoms with Crippen molar-refractivity contribution >= 4 is 0 Å². The molecule has 5 heteroatoms. The van der Waals surface area contributed by atoms with Crippen molar-refractivity contribution in [1.82, 2.24) is 5.32 Å². The highest BCUT2D eigenvalue weighted by Crippen LogP contribution is 2.34. The summed E-state index contributed by atoms with van der Waals surface area (Å²) in [6, 6.07) is 13.7. The van der Waals surface area contributed by atoms with Gasteiger partial charge in [0.1, 0.15) is 30.0 Å². The fraction of sp³-hybridized carbons (Fsp3) is 0.478. The van der Waals surface area contributed by atoms with Gasteiger partial charge in [0.25, 0.3) is 0 Å². The molecule has 0 aliphatic heterocycles. The monoisotopic (exact) mass is 387 g/mol. The Hall–Kier alpha value is -2.24. The van der Waals surface area contributed by atoms with Gasteiger partial charge in [0.05, 0.1) is 14.2 Å². The normalized spacial score (nSPS) is 12.5. The molecule has 0 radical (unpaired) electrons. The van der Waals surface area contributed by atoms with Crippen LogP contribution in [-0.2, 0) is 11.8 Å². The molecule has 0 aliphatic carbocycles. The summed E-state index contributed by atoms with van der Waals surface area (Å²) in [6.07, 6.45) is 0.253. The molecule has 2 rings (SSSR count). The van der Waals surface area contributed by atoms with Gasteiger partial charge in [0.15, 0.2) is 0 Å². The third kappa shape index (κ3) is 6.43. The van der Waals surface area contributed by atoms with Crippen molar-refractivity contribution in [2.24, 2.45) is 0 Å². The lowest BCUT2D eigenvalue weighted by molar-refractivity contribution is 0.106. The van der Waals surface area contributed by atoms with E-state index in [1.807, 2.05) is 36.4 Å². The number of para-hydroxylation sites is 1. The van der Waals surface area contributed by atoms with Crippen LogP contribution in [0.3, 0.4) is 0 Å². The van der Waals surface area contributed by atoms with E-state index < -0.39 is 6.10 Å². The van der Waals surface area contributed by atoms with Crippen molar-refractivity contribution in [3.63, 3.8) is 0 Å². The second-order valence-corrected chi connectivity index (χ2v) is 7.84. The lowest BCUT2D eigenvalue weighted by Gasteiger charge is -2.23. The number of ether oxygens (including phenoxy) is 3. The number of benzene rings is 2. The first kappa shape index (κ1) is 22.1. The topological polar surface area (TPSA) is 60.0 Å². The van der Waals surface area contributed by atoms with E-state index in [1.165, 1.54) is 0 Å². The molecule has 0 saturated carbocycles. The lowest BCUT2D eigenvalue weighted by Crippen LogP contribution is -2.32. The number of methoxy groups -OCH3 is 2. The summed E-state index contributed by atoms with van der Waals surface area (Å²) in [7, 11) is 3.35. The SMILES string of the molecule is COc1ccccc1CCNCC(O)COc1ccc(OC)c(C(C)(C)C)c1. The molecular weight excluding hydrogens is 354 g/mol. The lowest BCUT2D eigenvalue weighted by atomic mass is 9.86. The molecule has 28 heavy (non-hydrogen) atoms. The molecule has 0 bridgehead atoms. The molecule has 0 saturated heterocycles. The quantitative estimate of drug-likeness (QED) is 0.610. The second-order valence-electron chi connectivity index (χ2n) is 7.84. The van der Waals surface area contributed by atoms with E-state index in [2.05, 4.69) is 32.2 Å². The van der Waals surface area contributed by atoms with Gasteiger partial charge in [0, 0.05) is 12.1 Å². The summed E-state index contributed by atoms with van der Waals surface area (Å²) < 4.78 is 16.6. The van der Waals surface area contributed by atoms with E-state index in [0.29, 0.717) is 6.54 Å². The van der Waals surface area contributed by atoms with Gasteiger partial charge in [-0.25, -0.2) is 0 Å². The molecule has 0 aliphatic rings. The molecule has 0 amide bonds. The largest absolute Gasteiger partial charge is 0.496 e. The molecule has 1 atom stereocenters. The number of hydrogen-bond donors (Lipinski definition) is 2. The minimum absolute atomic E-state index is 0.0522. The van der Waals surface area contributed by atoms with Gasteiger partial charge in [-0.05, 0) is 48.2 Å². The highest BCUT2D eigenvalue weighted by atomic mass is 16.5. The Balaban J connectivity index is 1.79. The standard InChI is InChI=1S/C23H33NO4/c1-23(2,3)20-14-19(10-11-22(20)27-5)28-16-18(25)15-24-13-12-17-8-6-7-9-21(17)26-4/h6-11,14,18,24-25H,12-13,15-16H2,1-5H3. The number of rotatable bonds is 10. The number of nitrogens with one attached hydrogen (secondary N) is 1. The minimum atomic E-state index is -0.585. The van der Waals surface area contributed by atoms with Crippen molar-refractivity contribution < 1.29 is 19.3 Å². The van der Waals surface area contributed by atoms with Crippen LogP contribution < -0.4 is 19.5 Å². The average Bonchev–Trinajstić information content (AvgIpc) is 2.69. The van der Waals surface area contributed by atoms with Crippen LogP contribution in [0.25, 0.3) is 0 Å². The fourth-order valence-corrected chi connectivity index (χ4v) is 3.02. The maximum absolute atomic E-state index is 10.2. The van der Waals surface area contributed by atoms with Crippen molar-refractivity contribution in [3.8, 4) is 17.2 Å². The first-order valence-electron chi connectivity index (χ1n) is 9.67. The maximum Gasteiger partial charge on any atom is 0.122 e. The molecule has 0 aromatic heterocycles. The summed E-state index contributed by atoms with van der Waals surface area (Å²) in [5, 5.41) is 13.5. The van der Waals surface area contributed by atoms with Gasteiger partial charge in [-0.3, -0.25) is 0 Å². The zero-order valence-electron chi connectivity index (χ0n) is 17.6. The first-order chi connectivity index (χ1) is 13.3. The summed E-state index contributed by atoms with van der Waals surface area (Å²) in [6.45, 7) is 7.86. The predicted octanol–water partition coefficient (Wildman–Crippen LogP) is 3.57. The average molecular weight is 388 g/mol. The van der Waals surface area contributed by atoms with Crippen molar-refractivity contribution in [2.75, 3.05) is 33.9 Å². The minimum Gasteiger partial charge on any atom is -0.496 e.